The normalized spacial score (nSPS) is 11.8. The quantitative estimate of drug-likeness (QED) is 0.687. The molecule has 0 amide bonds. The molecule has 0 fully saturated rings. The van der Waals surface area contributed by atoms with Crippen LogP contribution in [0, 0.1) is 0 Å². The Morgan fingerprint density at radius 1 is 0.900 bits per heavy atom. The second kappa shape index (κ2) is 4.69. The molecule has 0 radical (unpaired) electrons. The summed E-state index contributed by atoms with van der Waals surface area (Å²) < 4.78 is 31.5. The van der Waals surface area contributed by atoms with E-state index in [0.29, 0.717) is 11.0 Å². The first-order chi connectivity index (χ1) is 9.57. The minimum Gasteiger partial charge on any atom is -0.362 e. The van der Waals surface area contributed by atoms with Crippen molar-refractivity contribution < 1.29 is 16.8 Å². The average molecular weight is 290 g/mol. The van der Waals surface area contributed by atoms with Crippen LogP contribution in [0.25, 0.3) is 22.1 Å². The van der Waals surface area contributed by atoms with Crippen LogP contribution >= 0.6 is 0 Å². The summed E-state index contributed by atoms with van der Waals surface area (Å²) in [6.45, 7) is 0. The van der Waals surface area contributed by atoms with E-state index in [1.54, 1.807) is 6.07 Å². The molecule has 0 spiro atoms. The molecule has 0 aliphatic carbocycles. The highest BCUT2D eigenvalue weighted by atomic mass is 32.3. The number of nitrogens with zero attached hydrogens (tertiary/aromatic N) is 2. The smallest absolute Gasteiger partial charge is 0.362 e. The van der Waals surface area contributed by atoms with Crippen LogP contribution in [-0.4, -0.2) is 25.5 Å². The van der Waals surface area contributed by atoms with Crippen LogP contribution in [0.3, 0.4) is 0 Å². The first-order valence-electron chi connectivity index (χ1n) is 5.74. The molecule has 0 atom stereocenters. The van der Waals surface area contributed by atoms with E-state index in [-0.39, 0.29) is 5.75 Å². The van der Waals surface area contributed by atoms with Gasteiger partial charge in [0.05, 0.1) is 29.2 Å². The second-order valence-corrected chi connectivity index (χ2v) is 5.34. The maximum Gasteiger partial charge on any atom is 0.448 e. The SMILES string of the molecule is COS(=O)(=O)Oc1ccc2nc3ccccc3nc2c1. The van der Waals surface area contributed by atoms with Crippen LogP contribution in [-0.2, 0) is 14.6 Å². The first kappa shape index (κ1) is 12.8. The van der Waals surface area contributed by atoms with Gasteiger partial charge in [0.2, 0.25) is 0 Å². The van der Waals surface area contributed by atoms with Crippen LogP contribution in [0.1, 0.15) is 0 Å². The van der Waals surface area contributed by atoms with E-state index in [4.69, 9.17) is 4.18 Å². The van der Waals surface area contributed by atoms with Crippen molar-refractivity contribution in [3.63, 3.8) is 0 Å². The van der Waals surface area contributed by atoms with Gasteiger partial charge in [-0.25, -0.2) is 14.2 Å². The molecule has 6 nitrogen and oxygen atoms in total. The molecule has 102 valence electrons. The van der Waals surface area contributed by atoms with Crippen LogP contribution in [0.15, 0.2) is 42.5 Å². The summed E-state index contributed by atoms with van der Waals surface area (Å²) in [6, 6.07) is 12.1. The first-order valence-corrected chi connectivity index (χ1v) is 7.07. The maximum absolute atomic E-state index is 11.2. The third-order valence-corrected chi connectivity index (χ3v) is 3.52. The zero-order chi connectivity index (χ0) is 14.2. The summed E-state index contributed by atoms with van der Waals surface area (Å²) in [6.07, 6.45) is 0. The fourth-order valence-corrected chi connectivity index (χ4v) is 2.21. The molecule has 0 bridgehead atoms. The highest BCUT2D eigenvalue weighted by Gasteiger charge is 2.12. The van der Waals surface area contributed by atoms with Crippen molar-refractivity contribution in [2.75, 3.05) is 7.11 Å². The van der Waals surface area contributed by atoms with Gasteiger partial charge < -0.3 is 4.18 Å². The number of para-hydroxylation sites is 2. The van der Waals surface area contributed by atoms with Gasteiger partial charge >= 0.3 is 10.4 Å². The molecule has 3 rings (SSSR count). The Hall–Kier alpha value is -2.25. The number of hydrogen-bond donors (Lipinski definition) is 0. The molecule has 3 aromatic rings. The maximum atomic E-state index is 11.2. The molecule has 0 saturated carbocycles. The third-order valence-electron chi connectivity index (χ3n) is 2.71. The van der Waals surface area contributed by atoms with Crippen LogP contribution in [0.2, 0.25) is 0 Å². The number of hydrogen-bond acceptors (Lipinski definition) is 6. The van der Waals surface area contributed by atoms with Crippen LogP contribution < -0.4 is 4.18 Å². The Kier molecular flexibility index (Phi) is 3.00. The fraction of sp³-hybridized carbons (Fsp3) is 0.0769. The van der Waals surface area contributed by atoms with Gasteiger partial charge in [0.1, 0.15) is 5.75 Å². The molecule has 7 heteroatoms. The molecular weight excluding hydrogens is 280 g/mol. The Bertz CT molecular complexity index is 893. The van der Waals surface area contributed by atoms with Crippen molar-refractivity contribution >= 4 is 32.5 Å². The zero-order valence-electron chi connectivity index (χ0n) is 10.5. The molecule has 0 aliphatic heterocycles. The van der Waals surface area contributed by atoms with E-state index in [0.717, 1.165) is 18.1 Å². The highest BCUT2D eigenvalue weighted by molar-refractivity contribution is 7.82. The Morgan fingerprint density at radius 2 is 1.50 bits per heavy atom. The van der Waals surface area contributed by atoms with Crippen molar-refractivity contribution in [1.82, 2.24) is 9.97 Å². The van der Waals surface area contributed by atoms with Crippen LogP contribution in [0.5, 0.6) is 5.75 Å². The highest BCUT2D eigenvalue weighted by Crippen LogP contribution is 2.22. The van der Waals surface area contributed by atoms with Crippen molar-refractivity contribution in [3.8, 4) is 5.75 Å². The van der Waals surface area contributed by atoms with E-state index in [1.165, 1.54) is 12.1 Å². The van der Waals surface area contributed by atoms with Gasteiger partial charge in [-0.3, -0.25) is 0 Å². The Labute approximate surface area is 115 Å². The summed E-state index contributed by atoms with van der Waals surface area (Å²) in [5.41, 5.74) is 2.71. The van der Waals surface area contributed by atoms with E-state index in [1.807, 2.05) is 24.3 Å². The number of fused-ring (bicyclic) bond motifs is 2. The van der Waals surface area contributed by atoms with E-state index in [2.05, 4.69) is 14.2 Å². The van der Waals surface area contributed by atoms with Crippen molar-refractivity contribution in [2.45, 2.75) is 0 Å². The van der Waals surface area contributed by atoms with Gasteiger partial charge in [-0.15, -0.1) is 0 Å². The lowest BCUT2D eigenvalue weighted by Gasteiger charge is -2.05. The zero-order valence-corrected chi connectivity index (χ0v) is 11.3. The van der Waals surface area contributed by atoms with Gasteiger partial charge in [0.15, 0.2) is 0 Å². The summed E-state index contributed by atoms with van der Waals surface area (Å²) in [5, 5.41) is 0. The summed E-state index contributed by atoms with van der Waals surface area (Å²) in [5.74, 6) is 0.129. The Balaban J connectivity index is 2.13. The topological polar surface area (TPSA) is 78.4 Å². The second-order valence-electron chi connectivity index (χ2n) is 4.02. The van der Waals surface area contributed by atoms with Crippen molar-refractivity contribution in [1.29, 1.82) is 0 Å². The van der Waals surface area contributed by atoms with Crippen molar-refractivity contribution in [3.05, 3.63) is 42.5 Å². The fourth-order valence-electron chi connectivity index (χ4n) is 1.80. The minimum atomic E-state index is -4.03. The Morgan fingerprint density at radius 3 is 2.15 bits per heavy atom. The van der Waals surface area contributed by atoms with Crippen LogP contribution in [0.4, 0.5) is 0 Å². The van der Waals surface area contributed by atoms with Gasteiger partial charge in [-0.05, 0) is 24.3 Å². The van der Waals surface area contributed by atoms with Gasteiger partial charge in [-0.2, -0.15) is 8.42 Å². The lowest BCUT2D eigenvalue weighted by molar-refractivity contribution is 0.330. The van der Waals surface area contributed by atoms with Gasteiger partial charge in [0.25, 0.3) is 0 Å². The molecule has 2 aromatic carbocycles. The lowest BCUT2D eigenvalue weighted by Crippen LogP contribution is -2.10. The van der Waals surface area contributed by atoms with Gasteiger partial charge in [0, 0.05) is 6.07 Å². The predicted octanol–water partition coefficient (Wildman–Crippen LogP) is 2.05. The molecule has 1 heterocycles. The summed E-state index contributed by atoms with van der Waals surface area (Å²) >= 11 is 0. The largest absolute Gasteiger partial charge is 0.448 e. The number of rotatable bonds is 3. The minimum absolute atomic E-state index is 0.129. The molecule has 1 aromatic heterocycles. The lowest BCUT2D eigenvalue weighted by atomic mass is 10.2. The standard InChI is InChI=1S/C13H10N2O4S/c1-18-20(16,17)19-9-6-7-12-13(8-9)15-11-5-3-2-4-10(11)14-12/h2-8H,1H3. The predicted molar refractivity (Wildman–Crippen MR) is 73.6 cm³/mol. The molecule has 0 unspecified atom stereocenters. The van der Waals surface area contributed by atoms with E-state index in [9.17, 15) is 8.42 Å². The van der Waals surface area contributed by atoms with E-state index >= 15 is 0 Å². The summed E-state index contributed by atoms with van der Waals surface area (Å²) in [4.78, 5) is 8.85. The third kappa shape index (κ3) is 2.40. The number of aromatic nitrogens is 2. The molecule has 20 heavy (non-hydrogen) atoms. The van der Waals surface area contributed by atoms with E-state index < -0.39 is 10.4 Å². The molecule has 0 aliphatic rings. The molecule has 0 N–H and O–H groups in total. The van der Waals surface area contributed by atoms with Gasteiger partial charge in [-0.1, -0.05) is 12.1 Å². The summed E-state index contributed by atoms with van der Waals surface area (Å²) in [7, 11) is -3.00. The monoisotopic (exact) mass is 290 g/mol. The average Bonchev–Trinajstić information content (AvgIpc) is 2.44. The molecular formula is C13H10N2O4S. The van der Waals surface area contributed by atoms with Crippen molar-refractivity contribution in [2.24, 2.45) is 0 Å². The molecule has 0 saturated heterocycles. The number of benzene rings is 2.